The van der Waals surface area contributed by atoms with Crippen molar-refractivity contribution in [1.82, 2.24) is 5.32 Å². The summed E-state index contributed by atoms with van der Waals surface area (Å²) in [4.78, 5) is 34.8. The van der Waals surface area contributed by atoms with Gasteiger partial charge in [0.15, 0.2) is 0 Å². The number of benzene rings is 2. The SMILES string of the molecule is COC(=O)[C@@H](Cc1cc([N+](=O)[O-])ccc1OC)NC(=O)c1ccccc1F. The van der Waals surface area contributed by atoms with E-state index in [2.05, 4.69) is 10.1 Å². The fraction of sp³-hybridized carbons (Fsp3) is 0.222. The van der Waals surface area contributed by atoms with Gasteiger partial charge in [0.2, 0.25) is 0 Å². The zero-order valence-corrected chi connectivity index (χ0v) is 14.6. The molecule has 0 aromatic heterocycles. The van der Waals surface area contributed by atoms with E-state index in [1.807, 2.05) is 0 Å². The molecule has 1 N–H and O–H groups in total. The Balaban J connectivity index is 2.31. The highest BCUT2D eigenvalue weighted by Crippen LogP contribution is 2.25. The third-order valence-corrected chi connectivity index (χ3v) is 3.81. The summed E-state index contributed by atoms with van der Waals surface area (Å²) in [6, 6.07) is 7.99. The summed E-state index contributed by atoms with van der Waals surface area (Å²) >= 11 is 0. The van der Waals surface area contributed by atoms with E-state index in [4.69, 9.17) is 4.74 Å². The van der Waals surface area contributed by atoms with Crippen molar-refractivity contribution in [1.29, 1.82) is 0 Å². The van der Waals surface area contributed by atoms with Crippen LogP contribution >= 0.6 is 0 Å². The molecule has 27 heavy (non-hydrogen) atoms. The van der Waals surface area contributed by atoms with Crippen molar-refractivity contribution in [3.63, 3.8) is 0 Å². The molecule has 0 unspecified atom stereocenters. The molecule has 2 rings (SSSR count). The van der Waals surface area contributed by atoms with Crippen LogP contribution in [-0.4, -0.2) is 37.1 Å². The summed E-state index contributed by atoms with van der Waals surface area (Å²) in [5.41, 5.74) is -0.122. The van der Waals surface area contributed by atoms with Crippen LogP contribution < -0.4 is 10.1 Å². The van der Waals surface area contributed by atoms with Crippen molar-refractivity contribution < 1.29 is 28.4 Å². The van der Waals surface area contributed by atoms with Gasteiger partial charge in [0.25, 0.3) is 11.6 Å². The molecule has 0 aliphatic rings. The van der Waals surface area contributed by atoms with E-state index in [-0.39, 0.29) is 17.7 Å². The molecule has 142 valence electrons. The van der Waals surface area contributed by atoms with Crippen LogP contribution in [-0.2, 0) is 16.0 Å². The van der Waals surface area contributed by atoms with E-state index in [0.717, 1.165) is 13.2 Å². The molecule has 0 saturated carbocycles. The summed E-state index contributed by atoms with van der Waals surface area (Å²) in [7, 11) is 2.50. The Morgan fingerprint density at radius 2 is 1.93 bits per heavy atom. The zero-order chi connectivity index (χ0) is 20.0. The molecule has 1 atom stereocenters. The molecule has 1 amide bonds. The molecule has 2 aromatic rings. The number of esters is 1. The number of rotatable bonds is 7. The van der Waals surface area contributed by atoms with Gasteiger partial charge < -0.3 is 14.8 Å². The van der Waals surface area contributed by atoms with Crippen molar-refractivity contribution in [2.45, 2.75) is 12.5 Å². The number of nitro benzene ring substituents is 1. The van der Waals surface area contributed by atoms with Crippen LogP contribution in [0.1, 0.15) is 15.9 Å². The highest BCUT2D eigenvalue weighted by Gasteiger charge is 2.26. The lowest BCUT2D eigenvalue weighted by molar-refractivity contribution is -0.384. The predicted molar refractivity (Wildman–Crippen MR) is 93.0 cm³/mol. The summed E-state index contributed by atoms with van der Waals surface area (Å²) in [5.74, 6) is -2.04. The Hall–Kier alpha value is -3.49. The Morgan fingerprint density at radius 3 is 2.52 bits per heavy atom. The van der Waals surface area contributed by atoms with E-state index in [0.29, 0.717) is 11.3 Å². The first-order valence-corrected chi connectivity index (χ1v) is 7.82. The fourth-order valence-electron chi connectivity index (χ4n) is 2.47. The van der Waals surface area contributed by atoms with Gasteiger partial charge in [-0.25, -0.2) is 9.18 Å². The quantitative estimate of drug-likeness (QED) is 0.451. The van der Waals surface area contributed by atoms with Crippen molar-refractivity contribution in [2.24, 2.45) is 0 Å². The van der Waals surface area contributed by atoms with E-state index < -0.39 is 28.7 Å². The number of hydrogen-bond acceptors (Lipinski definition) is 6. The summed E-state index contributed by atoms with van der Waals surface area (Å²) < 4.78 is 23.6. The average Bonchev–Trinajstić information content (AvgIpc) is 2.66. The molecule has 0 bridgehead atoms. The first-order chi connectivity index (χ1) is 12.9. The molecular formula is C18H17FN2O6. The van der Waals surface area contributed by atoms with Gasteiger partial charge in [0.1, 0.15) is 17.6 Å². The number of methoxy groups -OCH3 is 2. The second kappa shape index (κ2) is 8.75. The maximum absolute atomic E-state index is 13.8. The molecular weight excluding hydrogens is 359 g/mol. The first kappa shape index (κ1) is 19.8. The lowest BCUT2D eigenvalue weighted by Crippen LogP contribution is -2.43. The normalized spacial score (nSPS) is 11.4. The smallest absolute Gasteiger partial charge is 0.328 e. The Kier molecular flexibility index (Phi) is 6.42. The Bertz CT molecular complexity index is 871. The van der Waals surface area contributed by atoms with Gasteiger partial charge in [-0.15, -0.1) is 0 Å². The summed E-state index contributed by atoms with van der Waals surface area (Å²) in [6.07, 6.45) is -0.141. The number of halogens is 1. The number of non-ortho nitro benzene ring substituents is 1. The molecule has 9 heteroatoms. The van der Waals surface area contributed by atoms with E-state index in [9.17, 15) is 24.1 Å². The second-order valence-corrected chi connectivity index (χ2v) is 5.49. The maximum atomic E-state index is 13.8. The van der Waals surface area contributed by atoms with Crippen LogP contribution in [0.25, 0.3) is 0 Å². The van der Waals surface area contributed by atoms with Crippen molar-refractivity contribution >= 4 is 17.6 Å². The summed E-state index contributed by atoms with van der Waals surface area (Å²) in [6.45, 7) is 0. The van der Waals surface area contributed by atoms with E-state index in [1.54, 1.807) is 0 Å². The third kappa shape index (κ3) is 4.78. The average molecular weight is 376 g/mol. The van der Waals surface area contributed by atoms with Crippen LogP contribution in [0.4, 0.5) is 10.1 Å². The van der Waals surface area contributed by atoms with Crippen LogP contribution in [0.15, 0.2) is 42.5 Å². The lowest BCUT2D eigenvalue weighted by atomic mass is 10.0. The minimum Gasteiger partial charge on any atom is -0.496 e. The highest BCUT2D eigenvalue weighted by atomic mass is 19.1. The van der Waals surface area contributed by atoms with Crippen molar-refractivity contribution in [3.8, 4) is 5.75 Å². The molecule has 0 heterocycles. The van der Waals surface area contributed by atoms with E-state index in [1.165, 1.54) is 43.5 Å². The van der Waals surface area contributed by atoms with Gasteiger partial charge in [-0.05, 0) is 18.2 Å². The summed E-state index contributed by atoms with van der Waals surface area (Å²) in [5, 5.41) is 13.4. The van der Waals surface area contributed by atoms with Gasteiger partial charge >= 0.3 is 5.97 Å². The van der Waals surface area contributed by atoms with Gasteiger partial charge in [0.05, 0.1) is 24.7 Å². The number of ether oxygens (including phenoxy) is 2. The Labute approximate surface area is 154 Å². The number of nitrogens with zero attached hydrogens (tertiary/aromatic N) is 1. The number of nitrogens with one attached hydrogen (secondary N) is 1. The topological polar surface area (TPSA) is 108 Å². The van der Waals surface area contributed by atoms with Gasteiger partial charge in [-0.2, -0.15) is 0 Å². The fourth-order valence-corrected chi connectivity index (χ4v) is 2.47. The van der Waals surface area contributed by atoms with Crippen molar-refractivity contribution in [2.75, 3.05) is 14.2 Å². The van der Waals surface area contributed by atoms with E-state index >= 15 is 0 Å². The highest BCUT2D eigenvalue weighted by molar-refractivity contribution is 5.97. The number of amides is 1. The van der Waals surface area contributed by atoms with Crippen LogP contribution in [0.3, 0.4) is 0 Å². The number of carbonyl (C=O) groups excluding carboxylic acids is 2. The van der Waals surface area contributed by atoms with Crippen LogP contribution in [0, 0.1) is 15.9 Å². The van der Waals surface area contributed by atoms with Crippen LogP contribution in [0.2, 0.25) is 0 Å². The Morgan fingerprint density at radius 1 is 1.22 bits per heavy atom. The predicted octanol–water partition coefficient (Wildman–Crippen LogP) is 2.26. The minimum atomic E-state index is -1.20. The monoisotopic (exact) mass is 376 g/mol. The number of nitro groups is 1. The largest absolute Gasteiger partial charge is 0.496 e. The molecule has 0 aliphatic heterocycles. The molecule has 0 fully saturated rings. The standard InChI is InChI=1S/C18H17FN2O6/c1-26-16-8-7-12(21(24)25)9-11(16)10-15(18(23)27-2)20-17(22)13-5-3-4-6-14(13)19/h3-9,15H,10H2,1-2H3,(H,20,22)/t15-/m1/s1. The first-order valence-electron chi connectivity index (χ1n) is 7.82. The molecule has 0 radical (unpaired) electrons. The minimum absolute atomic E-state index is 0.141. The van der Waals surface area contributed by atoms with Crippen LogP contribution in [0.5, 0.6) is 5.75 Å². The van der Waals surface area contributed by atoms with Gasteiger partial charge in [-0.1, -0.05) is 12.1 Å². The molecule has 0 aliphatic carbocycles. The maximum Gasteiger partial charge on any atom is 0.328 e. The molecule has 2 aromatic carbocycles. The second-order valence-electron chi connectivity index (χ2n) is 5.49. The number of carbonyl (C=O) groups is 2. The number of hydrogen-bond donors (Lipinski definition) is 1. The third-order valence-electron chi connectivity index (χ3n) is 3.81. The molecule has 0 saturated heterocycles. The lowest BCUT2D eigenvalue weighted by Gasteiger charge is -2.18. The zero-order valence-electron chi connectivity index (χ0n) is 14.6. The molecule has 8 nitrogen and oxygen atoms in total. The van der Waals surface area contributed by atoms with Gasteiger partial charge in [-0.3, -0.25) is 14.9 Å². The van der Waals surface area contributed by atoms with Gasteiger partial charge in [0, 0.05) is 24.1 Å². The van der Waals surface area contributed by atoms with Crippen molar-refractivity contribution in [3.05, 3.63) is 69.5 Å². The molecule has 0 spiro atoms.